The molecule has 4 heteroatoms. The van der Waals surface area contributed by atoms with Gasteiger partial charge in [0.05, 0.1) is 12.0 Å². The van der Waals surface area contributed by atoms with Gasteiger partial charge in [-0.3, -0.25) is 0 Å². The van der Waals surface area contributed by atoms with Crippen LogP contribution >= 0.6 is 0 Å². The predicted molar refractivity (Wildman–Crippen MR) is 83.5 cm³/mol. The Balaban J connectivity index is 2.33. The van der Waals surface area contributed by atoms with E-state index in [-0.39, 0.29) is 0 Å². The van der Waals surface area contributed by atoms with Gasteiger partial charge in [-0.1, -0.05) is 13.3 Å². The van der Waals surface area contributed by atoms with E-state index in [1.807, 2.05) is 26.0 Å². The van der Waals surface area contributed by atoms with Crippen LogP contribution in [-0.4, -0.2) is 28.2 Å². The first-order valence-corrected chi connectivity index (χ1v) is 8.53. The molecule has 3 nitrogen and oxygen atoms in total. The van der Waals surface area contributed by atoms with Crippen LogP contribution in [0, 0.1) is 13.8 Å². The van der Waals surface area contributed by atoms with Crippen molar-refractivity contribution in [2.75, 3.05) is 13.7 Å². The smallest absolute Gasteiger partial charge is 0.128 e. The Morgan fingerprint density at radius 3 is 2.50 bits per heavy atom. The van der Waals surface area contributed by atoms with E-state index in [2.05, 4.69) is 11.2 Å². The quantitative estimate of drug-likeness (QED) is 0.849. The topological polar surface area (TPSA) is 29.5 Å². The van der Waals surface area contributed by atoms with Crippen molar-refractivity contribution in [2.24, 2.45) is 0 Å². The van der Waals surface area contributed by atoms with Crippen molar-refractivity contribution in [2.45, 2.75) is 57.4 Å². The van der Waals surface area contributed by atoms with Gasteiger partial charge in [0.25, 0.3) is 0 Å². The summed E-state index contributed by atoms with van der Waals surface area (Å²) in [6, 6.07) is 4.40. The minimum atomic E-state index is -1.06. The Bertz CT molecular complexity index is 478. The van der Waals surface area contributed by atoms with Gasteiger partial charge >= 0.3 is 0 Å². The van der Waals surface area contributed by atoms with Gasteiger partial charge < -0.3 is 4.74 Å². The zero-order chi connectivity index (χ0) is 14.7. The summed E-state index contributed by atoms with van der Waals surface area (Å²) in [6.07, 6.45) is 4.64. The molecule has 2 rings (SSSR count). The van der Waals surface area contributed by atoms with Crippen molar-refractivity contribution in [1.82, 2.24) is 4.31 Å². The van der Waals surface area contributed by atoms with Crippen LogP contribution in [0.15, 0.2) is 17.0 Å². The van der Waals surface area contributed by atoms with Gasteiger partial charge in [0, 0.05) is 12.6 Å². The maximum atomic E-state index is 13.0. The van der Waals surface area contributed by atoms with E-state index in [4.69, 9.17) is 4.74 Å². The maximum absolute atomic E-state index is 13.0. The molecule has 0 bridgehead atoms. The molecule has 0 saturated carbocycles. The summed E-state index contributed by atoms with van der Waals surface area (Å²) in [6.45, 7) is 7.17. The first kappa shape index (κ1) is 15.5. The van der Waals surface area contributed by atoms with Gasteiger partial charge in [-0.15, -0.1) is 0 Å². The average molecular weight is 295 g/mol. The third-order valence-electron chi connectivity index (χ3n) is 4.10. The highest BCUT2D eigenvalue weighted by atomic mass is 32.2. The molecular weight excluding hydrogens is 270 g/mol. The van der Waals surface area contributed by atoms with Gasteiger partial charge in [0.1, 0.15) is 16.7 Å². The number of aryl methyl sites for hydroxylation is 2. The third-order valence-corrected chi connectivity index (χ3v) is 6.00. The summed E-state index contributed by atoms with van der Waals surface area (Å²) >= 11 is 0. The minimum absolute atomic E-state index is 0.450. The summed E-state index contributed by atoms with van der Waals surface area (Å²) in [5.41, 5.74) is 2.11. The van der Waals surface area contributed by atoms with Crippen molar-refractivity contribution >= 4 is 11.0 Å². The van der Waals surface area contributed by atoms with Gasteiger partial charge in [-0.25, -0.2) is 8.51 Å². The van der Waals surface area contributed by atoms with Crippen molar-refractivity contribution in [3.05, 3.63) is 23.3 Å². The Hall–Kier alpha value is -0.870. The highest BCUT2D eigenvalue weighted by Gasteiger charge is 2.28. The van der Waals surface area contributed by atoms with Crippen LogP contribution in [-0.2, 0) is 11.0 Å². The molecule has 20 heavy (non-hydrogen) atoms. The van der Waals surface area contributed by atoms with Crippen molar-refractivity contribution in [3.63, 3.8) is 0 Å². The van der Waals surface area contributed by atoms with Crippen LogP contribution in [0.2, 0.25) is 0 Å². The highest BCUT2D eigenvalue weighted by molar-refractivity contribution is 7.82. The Kier molecular flexibility index (Phi) is 5.22. The fourth-order valence-electron chi connectivity index (χ4n) is 3.02. The Morgan fingerprint density at radius 2 is 1.95 bits per heavy atom. The molecule has 1 heterocycles. The summed E-state index contributed by atoms with van der Waals surface area (Å²) in [7, 11) is 0.614. The number of benzene rings is 1. The molecule has 0 aromatic heterocycles. The second kappa shape index (κ2) is 6.72. The van der Waals surface area contributed by atoms with E-state index >= 15 is 0 Å². The van der Waals surface area contributed by atoms with E-state index in [0.717, 1.165) is 47.6 Å². The number of piperidine rings is 1. The molecule has 0 spiro atoms. The van der Waals surface area contributed by atoms with E-state index in [1.165, 1.54) is 6.42 Å². The number of ether oxygens (including phenoxy) is 1. The lowest BCUT2D eigenvalue weighted by Gasteiger charge is -2.34. The van der Waals surface area contributed by atoms with Crippen LogP contribution in [0.3, 0.4) is 0 Å². The molecule has 1 saturated heterocycles. The number of nitrogens with zero attached hydrogens (tertiary/aromatic N) is 1. The van der Waals surface area contributed by atoms with E-state index in [0.29, 0.717) is 6.04 Å². The van der Waals surface area contributed by atoms with Crippen molar-refractivity contribution in [3.8, 4) is 5.75 Å². The van der Waals surface area contributed by atoms with E-state index in [9.17, 15) is 4.21 Å². The Labute approximate surface area is 124 Å². The monoisotopic (exact) mass is 295 g/mol. The largest absolute Gasteiger partial charge is 0.497 e. The molecule has 112 valence electrons. The number of rotatable bonds is 4. The lowest BCUT2D eigenvalue weighted by atomic mass is 10.0. The van der Waals surface area contributed by atoms with Crippen LogP contribution < -0.4 is 4.74 Å². The average Bonchev–Trinajstić information content (AvgIpc) is 2.46. The molecule has 1 aromatic rings. The first-order valence-electron chi connectivity index (χ1n) is 7.42. The van der Waals surface area contributed by atoms with Crippen LogP contribution in [0.1, 0.15) is 43.7 Å². The molecule has 1 aromatic carbocycles. The Morgan fingerprint density at radius 1 is 1.30 bits per heavy atom. The summed E-state index contributed by atoms with van der Waals surface area (Å²) in [5, 5.41) is 0. The van der Waals surface area contributed by atoms with Crippen LogP contribution in [0.25, 0.3) is 0 Å². The third kappa shape index (κ3) is 3.07. The predicted octanol–water partition coefficient (Wildman–Crippen LogP) is 3.60. The molecule has 0 amide bonds. The molecule has 2 atom stereocenters. The molecule has 0 N–H and O–H groups in total. The van der Waals surface area contributed by atoms with E-state index in [1.54, 1.807) is 7.11 Å². The molecule has 0 radical (unpaired) electrons. The van der Waals surface area contributed by atoms with Gasteiger partial charge in [-0.2, -0.15) is 0 Å². The molecular formula is C16H25NO2S. The molecule has 2 unspecified atom stereocenters. The summed E-state index contributed by atoms with van der Waals surface area (Å²) < 4.78 is 20.5. The van der Waals surface area contributed by atoms with Crippen molar-refractivity contribution in [1.29, 1.82) is 0 Å². The number of methoxy groups -OCH3 is 1. The first-order chi connectivity index (χ1) is 9.58. The fraction of sp³-hybridized carbons (Fsp3) is 0.625. The fourth-order valence-corrected chi connectivity index (χ4v) is 4.74. The minimum Gasteiger partial charge on any atom is -0.497 e. The molecule has 1 aliphatic rings. The number of hydrogen-bond acceptors (Lipinski definition) is 2. The summed E-state index contributed by atoms with van der Waals surface area (Å²) in [5.74, 6) is 0.839. The second-order valence-corrected chi connectivity index (χ2v) is 6.91. The van der Waals surface area contributed by atoms with Crippen LogP contribution in [0.5, 0.6) is 5.75 Å². The molecule has 0 aliphatic carbocycles. The normalized spacial score (nSPS) is 21.7. The lowest BCUT2D eigenvalue weighted by molar-refractivity contribution is 0.258. The summed E-state index contributed by atoms with van der Waals surface area (Å²) in [4.78, 5) is 0.964. The maximum Gasteiger partial charge on any atom is 0.128 e. The van der Waals surface area contributed by atoms with Gasteiger partial charge in [-0.05, 0) is 56.4 Å². The van der Waals surface area contributed by atoms with Gasteiger partial charge in [0.2, 0.25) is 0 Å². The standard InChI is InChI=1S/C16H25NO2S/c1-5-14-8-6-7-9-17(14)20(18)16-12(2)10-15(19-4)11-13(16)3/h10-11,14H,5-9H2,1-4H3. The lowest BCUT2D eigenvalue weighted by Crippen LogP contribution is -2.40. The highest BCUT2D eigenvalue weighted by Crippen LogP contribution is 2.30. The van der Waals surface area contributed by atoms with Gasteiger partial charge in [0.15, 0.2) is 0 Å². The second-order valence-electron chi connectivity index (χ2n) is 5.54. The van der Waals surface area contributed by atoms with E-state index < -0.39 is 11.0 Å². The number of hydrogen-bond donors (Lipinski definition) is 0. The zero-order valence-corrected chi connectivity index (χ0v) is 13.8. The molecule has 1 aliphatic heterocycles. The zero-order valence-electron chi connectivity index (χ0n) is 12.9. The van der Waals surface area contributed by atoms with Crippen LogP contribution in [0.4, 0.5) is 0 Å². The SMILES string of the molecule is CCC1CCCCN1S(=O)c1c(C)cc(OC)cc1C. The molecule has 1 fully saturated rings. The van der Waals surface area contributed by atoms with Crippen molar-refractivity contribution < 1.29 is 8.95 Å².